The maximum atomic E-state index is 10.9. The number of pyridine rings is 1. The molecule has 0 atom stereocenters. The van der Waals surface area contributed by atoms with Crippen LogP contribution >= 0.6 is 23.2 Å². The number of rotatable bonds is 3. The van der Waals surface area contributed by atoms with Gasteiger partial charge in [0.05, 0.1) is 29.0 Å². The number of hydrogen-bond acceptors (Lipinski definition) is 3. The standard InChI is InChI=1S/C13H10Cl2N2O2/c14-8-1-2-11(15)10(5-8)13-7(4-12(18)19)3-9(16)6-17-13/h1-3,5-6H,4,16H2,(H,18,19). The van der Waals surface area contributed by atoms with E-state index < -0.39 is 5.97 Å². The van der Waals surface area contributed by atoms with Crippen LogP contribution in [0.15, 0.2) is 30.5 Å². The van der Waals surface area contributed by atoms with Crippen molar-refractivity contribution in [2.75, 3.05) is 5.73 Å². The van der Waals surface area contributed by atoms with Gasteiger partial charge in [-0.05, 0) is 29.8 Å². The van der Waals surface area contributed by atoms with E-state index in [2.05, 4.69) is 4.98 Å². The molecule has 0 spiro atoms. The summed E-state index contributed by atoms with van der Waals surface area (Å²) >= 11 is 12.0. The maximum absolute atomic E-state index is 10.9. The molecular formula is C13H10Cl2N2O2. The van der Waals surface area contributed by atoms with Gasteiger partial charge in [-0.2, -0.15) is 0 Å². The van der Waals surface area contributed by atoms with E-state index in [0.717, 1.165) is 0 Å². The second kappa shape index (κ2) is 5.47. The first kappa shape index (κ1) is 13.6. The van der Waals surface area contributed by atoms with Gasteiger partial charge < -0.3 is 10.8 Å². The van der Waals surface area contributed by atoms with Crippen LogP contribution in [0.2, 0.25) is 10.0 Å². The van der Waals surface area contributed by atoms with Gasteiger partial charge in [-0.3, -0.25) is 9.78 Å². The number of aromatic nitrogens is 1. The van der Waals surface area contributed by atoms with Crippen LogP contribution < -0.4 is 5.73 Å². The second-order valence-electron chi connectivity index (χ2n) is 3.97. The SMILES string of the molecule is Nc1cnc(-c2cc(Cl)ccc2Cl)c(CC(=O)O)c1. The Bertz CT molecular complexity index is 645. The second-order valence-corrected chi connectivity index (χ2v) is 4.81. The zero-order chi connectivity index (χ0) is 14.0. The lowest BCUT2D eigenvalue weighted by molar-refractivity contribution is -0.136. The van der Waals surface area contributed by atoms with Crippen molar-refractivity contribution in [2.45, 2.75) is 6.42 Å². The zero-order valence-corrected chi connectivity index (χ0v) is 11.2. The van der Waals surface area contributed by atoms with Crippen LogP contribution in [-0.2, 0) is 11.2 Å². The third-order valence-corrected chi connectivity index (χ3v) is 3.08. The summed E-state index contributed by atoms with van der Waals surface area (Å²) < 4.78 is 0. The molecule has 0 unspecified atom stereocenters. The van der Waals surface area contributed by atoms with Crippen molar-refractivity contribution < 1.29 is 9.90 Å². The fraction of sp³-hybridized carbons (Fsp3) is 0.0769. The Balaban J connectivity index is 2.60. The van der Waals surface area contributed by atoms with E-state index in [4.69, 9.17) is 34.0 Å². The average Bonchev–Trinajstić information content (AvgIpc) is 2.32. The number of halogens is 2. The Morgan fingerprint density at radius 3 is 2.74 bits per heavy atom. The Kier molecular flexibility index (Phi) is 3.93. The van der Waals surface area contributed by atoms with Crippen molar-refractivity contribution in [3.8, 4) is 11.3 Å². The van der Waals surface area contributed by atoms with E-state index in [1.807, 2.05) is 0 Å². The number of anilines is 1. The molecule has 0 aliphatic heterocycles. The molecule has 1 heterocycles. The predicted octanol–water partition coefficient (Wildman–Crippen LogP) is 3.26. The Morgan fingerprint density at radius 2 is 2.05 bits per heavy atom. The van der Waals surface area contributed by atoms with Crippen molar-refractivity contribution in [3.63, 3.8) is 0 Å². The molecule has 0 aliphatic carbocycles. The smallest absolute Gasteiger partial charge is 0.307 e. The number of carboxylic acids is 1. The van der Waals surface area contributed by atoms with Crippen LogP contribution in [0.1, 0.15) is 5.56 Å². The van der Waals surface area contributed by atoms with Gasteiger partial charge in [-0.25, -0.2) is 0 Å². The molecule has 19 heavy (non-hydrogen) atoms. The number of aliphatic carboxylic acids is 1. The summed E-state index contributed by atoms with van der Waals surface area (Å²) in [4.78, 5) is 15.1. The molecule has 0 saturated heterocycles. The Hall–Kier alpha value is -1.78. The quantitative estimate of drug-likeness (QED) is 0.911. The van der Waals surface area contributed by atoms with Gasteiger partial charge in [-0.1, -0.05) is 23.2 Å². The molecule has 1 aromatic heterocycles. The van der Waals surface area contributed by atoms with Gasteiger partial charge in [0.1, 0.15) is 0 Å². The summed E-state index contributed by atoms with van der Waals surface area (Å²) in [5.74, 6) is -0.966. The maximum Gasteiger partial charge on any atom is 0.307 e. The summed E-state index contributed by atoms with van der Waals surface area (Å²) in [5.41, 5.74) is 7.60. The molecular weight excluding hydrogens is 287 g/mol. The molecule has 0 bridgehead atoms. The fourth-order valence-corrected chi connectivity index (χ4v) is 2.13. The number of nitrogen functional groups attached to an aromatic ring is 1. The van der Waals surface area contributed by atoms with Crippen molar-refractivity contribution in [2.24, 2.45) is 0 Å². The molecule has 0 radical (unpaired) electrons. The third-order valence-electron chi connectivity index (χ3n) is 2.51. The topological polar surface area (TPSA) is 76.2 Å². The molecule has 1 aromatic carbocycles. The minimum absolute atomic E-state index is 0.184. The molecule has 2 aromatic rings. The van der Waals surface area contributed by atoms with Crippen molar-refractivity contribution in [1.29, 1.82) is 0 Å². The van der Waals surface area contributed by atoms with Gasteiger partial charge in [0.25, 0.3) is 0 Å². The Labute approximate surface area is 119 Å². The molecule has 0 aliphatic rings. The van der Waals surface area contributed by atoms with E-state index in [-0.39, 0.29) is 6.42 Å². The molecule has 4 nitrogen and oxygen atoms in total. The first-order chi connectivity index (χ1) is 8.97. The van der Waals surface area contributed by atoms with E-state index in [9.17, 15) is 4.79 Å². The van der Waals surface area contributed by atoms with Crippen molar-refractivity contribution in [3.05, 3.63) is 46.1 Å². The Morgan fingerprint density at radius 1 is 1.32 bits per heavy atom. The van der Waals surface area contributed by atoms with Gasteiger partial charge in [0.2, 0.25) is 0 Å². The summed E-state index contributed by atoms with van der Waals surface area (Å²) in [6.45, 7) is 0. The summed E-state index contributed by atoms with van der Waals surface area (Å²) in [6, 6.07) is 6.52. The summed E-state index contributed by atoms with van der Waals surface area (Å²) in [7, 11) is 0. The van der Waals surface area contributed by atoms with E-state index >= 15 is 0 Å². The number of nitrogens with zero attached hydrogens (tertiary/aromatic N) is 1. The number of hydrogen-bond donors (Lipinski definition) is 2. The van der Waals surface area contributed by atoms with E-state index in [1.54, 1.807) is 24.3 Å². The molecule has 2 rings (SSSR count). The number of benzene rings is 1. The molecule has 0 fully saturated rings. The minimum atomic E-state index is -0.966. The van der Waals surface area contributed by atoms with Crippen molar-refractivity contribution >= 4 is 34.9 Å². The van der Waals surface area contributed by atoms with Gasteiger partial charge >= 0.3 is 5.97 Å². The van der Waals surface area contributed by atoms with Crippen LogP contribution in [0.3, 0.4) is 0 Å². The average molecular weight is 297 g/mol. The van der Waals surface area contributed by atoms with Crippen molar-refractivity contribution in [1.82, 2.24) is 4.98 Å². The molecule has 0 amide bonds. The fourth-order valence-electron chi connectivity index (χ4n) is 1.75. The monoisotopic (exact) mass is 296 g/mol. The van der Waals surface area contributed by atoms with Crippen LogP contribution in [0.5, 0.6) is 0 Å². The summed E-state index contributed by atoms with van der Waals surface area (Å²) in [6.07, 6.45) is 1.27. The van der Waals surface area contributed by atoms with E-state index in [0.29, 0.717) is 32.6 Å². The lowest BCUT2D eigenvalue weighted by Crippen LogP contribution is -2.04. The van der Waals surface area contributed by atoms with Crippen LogP contribution in [-0.4, -0.2) is 16.1 Å². The van der Waals surface area contributed by atoms with Crippen LogP contribution in [0.25, 0.3) is 11.3 Å². The van der Waals surface area contributed by atoms with Gasteiger partial charge in [0, 0.05) is 10.6 Å². The predicted molar refractivity (Wildman–Crippen MR) is 75.4 cm³/mol. The van der Waals surface area contributed by atoms with E-state index in [1.165, 1.54) is 6.20 Å². The highest BCUT2D eigenvalue weighted by Crippen LogP contribution is 2.32. The highest BCUT2D eigenvalue weighted by molar-refractivity contribution is 6.35. The third kappa shape index (κ3) is 3.16. The first-order valence-corrected chi connectivity index (χ1v) is 6.14. The van der Waals surface area contributed by atoms with Gasteiger partial charge in [-0.15, -0.1) is 0 Å². The number of nitrogens with two attached hydrogens (primary N) is 1. The minimum Gasteiger partial charge on any atom is -0.481 e. The number of carbonyl (C=O) groups is 1. The molecule has 6 heteroatoms. The highest BCUT2D eigenvalue weighted by atomic mass is 35.5. The first-order valence-electron chi connectivity index (χ1n) is 5.39. The molecule has 0 saturated carbocycles. The highest BCUT2D eigenvalue weighted by Gasteiger charge is 2.14. The molecule has 3 N–H and O–H groups in total. The lowest BCUT2D eigenvalue weighted by Gasteiger charge is -2.10. The normalized spacial score (nSPS) is 10.4. The molecule has 98 valence electrons. The van der Waals surface area contributed by atoms with Gasteiger partial charge in [0.15, 0.2) is 0 Å². The zero-order valence-electron chi connectivity index (χ0n) is 9.73. The summed E-state index contributed by atoms with van der Waals surface area (Å²) in [5, 5.41) is 9.88. The van der Waals surface area contributed by atoms with Crippen LogP contribution in [0, 0.1) is 0 Å². The lowest BCUT2D eigenvalue weighted by atomic mass is 10.0. The van der Waals surface area contributed by atoms with Crippen LogP contribution in [0.4, 0.5) is 5.69 Å². The number of carboxylic acid groups (broad SMARTS) is 1. The largest absolute Gasteiger partial charge is 0.481 e.